The van der Waals surface area contributed by atoms with Gasteiger partial charge in [0, 0.05) is 28.3 Å². The molecule has 0 amide bonds. The van der Waals surface area contributed by atoms with Crippen LogP contribution in [-0.2, 0) is 0 Å². The van der Waals surface area contributed by atoms with Crippen molar-refractivity contribution in [3.8, 4) is 0 Å². The van der Waals surface area contributed by atoms with E-state index in [1.54, 1.807) is 0 Å². The third-order valence-electron chi connectivity index (χ3n) is 7.25. The summed E-state index contributed by atoms with van der Waals surface area (Å²) < 4.78 is 0. The van der Waals surface area contributed by atoms with Crippen LogP contribution >= 0.6 is 11.8 Å². The molecule has 1 fully saturated rings. The van der Waals surface area contributed by atoms with Crippen molar-refractivity contribution >= 4 is 11.8 Å². The molecule has 1 aliphatic rings. The first-order valence-electron chi connectivity index (χ1n) is 9.23. The molecule has 1 aliphatic heterocycles. The van der Waals surface area contributed by atoms with Crippen LogP contribution in [0, 0.1) is 23.2 Å². The van der Waals surface area contributed by atoms with E-state index in [1.807, 2.05) is 11.8 Å². The monoisotopic (exact) mass is 340 g/mol. The third-order valence-corrected chi connectivity index (χ3v) is 8.02. The summed E-state index contributed by atoms with van der Waals surface area (Å²) in [6.07, 6.45) is 7.79. The molecule has 0 saturated carbocycles. The predicted molar refractivity (Wildman–Crippen MR) is 107 cm³/mol. The fraction of sp³-hybridized carbons (Fsp3) is 0.900. The van der Waals surface area contributed by atoms with Gasteiger partial charge in [-0.3, -0.25) is 0 Å². The van der Waals surface area contributed by atoms with Gasteiger partial charge in [-0.2, -0.15) is 11.8 Å². The van der Waals surface area contributed by atoms with E-state index in [0.29, 0.717) is 23.8 Å². The SMILES string of the molecule is CC=CC(C)C(N)(CSC)C(C)(C(C)C)C1NC(C)(CC)C1C. The van der Waals surface area contributed by atoms with Gasteiger partial charge in [-0.15, -0.1) is 0 Å². The van der Waals surface area contributed by atoms with Crippen LogP contribution in [0.15, 0.2) is 12.2 Å². The highest BCUT2D eigenvalue weighted by molar-refractivity contribution is 7.98. The summed E-state index contributed by atoms with van der Waals surface area (Å²) in [6.45, 7) is 18.6. The zero-order chi connectivity index (χ0) is 18.1. The molecular weight excluding hydrogens is 300 g/mol. The summed E-state index contributed by atoms with van der Waals surface area (Å²) in [5.74, 6) is 2.51. The molecule has 0 aromatic heterocycles. The van der Waals surface area contributed by atoms with E-state index in [9.17, 15) is 0 Å². The molecule has 3 heteroatoms. The minimum absolute atomic E-state index is 0.0447. The zero-order valence-corrected chi connectivity index (χ0v) is 17.7. The second-order valence-corrected chi connectivity index (χ2v) is 9.27. The van der Waals surface area contributed by atoms with E-state index >= 15 is 0 Å². The zero-order valence-electron chi connectivity index (χ0n) is 16.9. The van der Waals surface area contributed by atoms with Crippen molar-refractivity contribution < 1.29 is 0 Å². The van der Waals surface area contributed by atoms with Crippen LogP contribution in [0.5, 0.6) is 0 Å². The molecule has 0 aromatic carbocycles. The molecule has 0 radical (unpaired) electrons. The van der Waals surface area contributed by atoms with E-state index in [0.717, 1.165) is 5.75 Å². The maximum Gasteiger partial charge on any atom is 0.0378 e. The highest BCUT2D eigenvalue weighted by Crippen LogP contribution is 2.53. The Labute approximate surface area is 149 Å². The Hall–Kier alpha value is 0.01000. The van der Waals surface area contributed by atoms with Crippen molar-refractivity contribution in [1.82, 2.24) is 5.32 Å². The Morgan fingerprint density at radius 2 is 1.91 bits per heavy atom. The maximum absolute atomic E-state index is 7.21. The highest BCUT2D eigenvalue weighted by atomic mass is 32.2. The van der Waals surface area contributed by atoms with Crippen molar-refractivity contribution in [2.24, 2.45) is 28.9 Å². The number of nitrogens with two attached hydrogens (primary N) is 1. The first-order valence-corrected chi connectivity index (χ1v) is 10.6. The molecule has 2 nitrogen and oxygen atoms in total. The van der Waals surface area contributed by atoms with Crippen molar-refractivity contribution in [3.05, 3.63) is 12.2 Å². The minimum Gasteiger partial charge on any atom is -0.323 e. The number of hydrogen-bond acceptors (Lipinski definition) is 3. The Morgan fingerprint density at radius 3 is 2.26 bits per heavy atom. The minimum atomic E-state index is -0.228. The number of hydrogen-bond donors (Lipinski definition) is 2. The lowest BCUT2D eigenvalue weighted by molar-refractivity contribution is -0.0853. The van der Waals surface area contributed by atoms with E-state index in [1.165, 1.54) is 6.42 Å². The van der Waals surface area contributed by atoms with Gasteiger partial charge in [-0.25, -0.2) is 0 Å². The quantitative estimate of drug-likeness (QED) is 0.629. The molecule has 0 bridgehead atoms. The number of thioether (sulfide) groups is 1. The van der Waals surface area contributed by atoms with Crippen molar-refractivity contribution in [2.45, 2.75) is 78.9 Å². The molecule has 1 heterocycles. The summed E-state index contributed by atoms with van der Waals surface area (Å²) in [5.41, 5.74) is 7.28. The third kappa shape index (κ3) is 3.26. The van der Waals surface area contributed by atoms with Gasteiger partial charge >= 0.3 is 0 Å². The molecule has 136 valence electrons. The van der Waals surface area contributed by atoms with Gasteiger partial charge in [0.05, 0.1) is 0 Å². The second kappa shape index (κ2) is 7.49. The van der Waals surface area contributed by atoms with Crippen LogP contribution in [0.1, 0.15) is 61.8 Å². The van der Waals surface area contributed by atoms with Gasteiger partial charge in [-0.05, 0) is 44.3 Å². The highest BCUT2D eigenvalue weighted by Gasteiger charge is 2.61. The van der Waals surface area contributed by atoms with E-state index < -0.39 is 0 Å². The van der Waals surface area contributed by atoms with Crippen LogP contribution in [0.3, 0.4) is 0 Å². The summed E-state index contributed by atoms with van der Waals surface area (Å²) in [7, 11) is 0. The Morgan fingerprint density at radius 1 is 1.35 bits per heavy atom. The average Bonchev–Trinajstić information content (AvgIpc) is 2.51. The van der Waals surface area contributed by atoms with Gasteiger partial charge in [0.15, 0.2) is 0 Å². The molecular formula is C20H40N2S. The van der Waals surface area contributed by atoms with Crippen LogP contribution in [0.25, 0.3) is 0 Å². The fourth-order valence-corrected chi connectivity index (χ4v) is 5.69. The molecule has 6 unspecified atom stereocenters. The Kier molecular flexibility index (Phi) is 6.86. The van der Waals surface area contributed by atoms with Crippen LogP contribution in [0.2, 0.25) is 0 Å². The van der Waals surface area contributed by atoms with Crippen molar-refractivity contribution in [1.29, 1.82) is 0 Å². The van der Waals surface area contributed by atoms with Gasteiger partial charge in [-0.1, -0.05) is 53.7 Å². The van der Waals surface area contributed by atoms with Crippen LogP contribution in [0.4, 0.5) is 0 Å². The van der Waals surface area contributed by atoms with Crippen LogP contribution < -0.4 is 11.1 Å². The molecule has 1 saturated heterocycles. The first kappa shape index (κ1) is 21.1. The summed E-state index contributed by atoms with van der Waals surface area (Å²) >= 11 is 1.88. The predicted octanol–water partition coefficient (Wildman–Crippen LogP) is 4.70. The lowest BCUT2D eigenvalue weighted by atomic mass is 9.50. The average molecular weight is 341 g/mol. The van der Waals surface area contributed by atoms with Crippen LogP contribution in [-0.4, -0.2) is 29.1 Å². The Balaban J connectivity index is 3.31. The second-order valence-electron chi connectivity index (χ2n) is 8.41. The molecule has 23 heavy (non-hydrogen) atoms. The van der Waals surface area contributed by atoms with Gasteiger partial charge in [0.2, 0.25) is 0 Å². The summed E-state index contributed by atoms with van der Waals surface area (Å²) in [4.78, 5) is 0. The van der Waals surface area contributed by atoms with E-state index in [4.69, 9.17) is 5.73 Å². The number of allylic oxidation sites excluding steroid dienone is 1. The molecule has 0 aromatic rings. The standard InChI is InChI=1S/C20H40N2S/c1-10-12-15(5)20(21,13-23-9)19(8,14(3)4)17-16(6)18(7,11-2)22-17/h10,12,14-17,22H,11,13,21H2,1-9H3. The fourth-order valence-electron chi connectivity index (χ4n) is 4.64. The van der Waals surface area contributed by atoms with Gasteiger partial charge < -0.3 is 11.1 Å². The molecule has 0 spiro atoms. The molecule has 1 rings (SSSR count). The van der Waals surface area contributed by atoms with E-state index in [-0.39, 0.29) is 16.5 Å². The smallest absolute Gasteiger partial charge is 0.0378 e. The largest absolute Gasteiger partial charge is 0.323 e. The normalized spacial score (nSPS) is 34.9. The van der Waals surface area contributed by atoms with E-state index in [2.05, 4.69) is 79.1 Å². The topological polar surface area (TPSA) is 38.0 Å². The molecule has 0 aliphatic carbocycles. The van der Waals surface area contributed by atoms with Crippen molar-refractivity contribution in [3.63, 3.8) is 0 Å². The lowest BCUT2D eigenvalue weighted by Gasteiger charge is -2.66. The summed E-state index contributed by atoms with van der Waals surface area (Å²) in [6, 6.07) is 0.470. The Bertz CT molecular complexity index is 422. The number of rotatable bonds is 8. The lowest BCUT2D eigenvalue weighted by Crippen LogP contribution is -2.80. The number of nitrogens with one attached hydrogen (secondary N) is 1. The molecule has 6 atom stereocenters. The first-order chi connectivity index (χ1) is 10.5. The van der Waals surface area contributed by atoms with Gasteiger partial charge in [0.1, 0.15) is 0 Å². The van der Waals surface area contributed by atoms with Crippen molar-refractivity contribution in [2.75, 3.05) is 12.0 Å². The summed E-state index contributed by atoms with van der Waals surface area (Å²) in [5, 5.41) is 3.93. The maximum atomic E-state index is 7.21. The molecule has 3 N–H and O–H groups in total. The van der Waals surface area contributed by atoms with Gasteiger partial charge in [0.25, 0.3) is 0 Å².